The van der Waals surface area contributed by atoms with Gasteiger partial charge in [-0.3, -0.25) is 19.2 Å². The van der Waals surface area contributed by atoms with Crippen LogP contribution in [0.1, 0.15) is 32.6 Å². The van der Waals surface area contributed by atoms with E-state index in [4.69, 9.17) is 0 Å². The molecule has 2 aromatic rings. The summed E-state index contributed by atoms with van der Waals surface area (Å²) in [6.45, 7) is 1.83. The van der Waals surface area contributed by atoms with Crippen LogP contribution >= 0.6 is 11.3 Å². The second-order valence-corrected chi connectivity index (χ2v) is 8.43. The van der Waals surface area contributed by atoms with Gasteiger partial charge in [-0.15, -0.1) is 11.3 Å². The van der Waals surface area contributed by atoms with E-state index in [1.54, 1.807) is 10.9 Å². The summed E-state index contributed by atoms with van der Waals surface area (Å²) >= 11 is 1.28. The van der Waals surface area contributed by atoms with E-state index in [0.29, 0.717) is 29.6 Å². The SMILES string of the molecule is CC1CCC2(CC1)NC(=O)N(CC(=O)Nc1nc(-c3cnn(C)c3)cs1)C2=O. The lowest BCUT2D eigenvalue weighted by Gasteiger charge is -2.33. The zero-order valence-electron chi connectivity index (χ0n) is 15.8. The maximum absolute atomic E-state index is 12.8. The lowest BCUT2D eigenvalue weighted by atomic mass is 9.77. The van der Waals surface area contributed by atoms with Gasteiger partial charge in [0.15, 0.2) is 5.13 Å². The highest BCUT2D eigenvalue weighted by Crippen LogP contribution is 2.36. The van der Waals surface area contributed by atoms with Crippen LogP contribution < -0.4 is 10.6 Å². The zero-order chi connectivity index (χ0) is 19.9. The van der Waals surface area contributed by atoms with E-state index < -0.39 is 17.5 Å². The predicted molar refractivity (Wildman–Crippen MR) is 104 cm³/mol. The Hall–Kier alpha value is -2.75. The lowest BCUT2D eigenvalue weighted by molar-refractivity contribution is -0.135. The van der Waals surface area contributed by atoms with Crippen LogP contribution in [0.2, 0.25) is 0 Å². The number of aryl methyl sites for hydroxylation is 1. The van der Waals surface area contributed by atoms with E-state index in [0.717, 1.165) is 23.3 Å². The molecular weight excluding hydrogens is 380 g/mol. The Bertz CT molecular complexity index is 927. The number of carbonyl (C=O) groups excluding carboxylic acids is 3. The molecule has 0 unspecified atom stereocenters. The average molecular weight is 402 g/mol. The molecule has 1 spiro atoms. The molecule has 2 aromatic heterocycles. The molecule has 0 radical (unpaired) electrons. The maximum Gasteiger partial charge on any atom is 0.325 e. The zero-order valence-corrected chi connectivity index (χ0v) is 16.6. The summed E-state index contributed by atoms with van der Waals surface area (Å²) in [7, 11) is 1.82. The van der Waals surface area contributed by atoms with Gasteiger partial charge in [0.05, 0.1) is 11.9 Å². The first kappa shape index (κ1) is 18.6. The summed E-state index contributed by atoms with van der Waals surface area (Å²) in [5.41, 5.74) is 0.721. The highest BCUT2D eigenvalue weighted by molar-refractivity contribution is 7.14. The fraction of sp³-hybridized carbons (Fsp3) is 0.500. The Labute approximate surface area is 166 Å². The van der Waals surface area contributed by atoms with Gasteiger partial charge in [0, 0.05) is 24.2 Å². The van der Waals surface area contributed by atoms with E-state index in [1.165, 1.54) is 11.3 Å². The van der Waals surface area contributed by atoms with Gasteiger partial charge >= 0.3 is 6.03 Å². The second kappa shape index (κ2) is 7.01. The molecule has 10 heteroatoms. The van der Waals surface area contributed by atoms with E-state index in [2.05, 4.69) is 27.6 Å². The van der Waals surface area contributed by atoms with Gasteiger partial charge in [-0.25, -0.2) is 9.78 Å². The van der Waals surface area contributed by atoms with Crippen LogP contribution in [-0.2, 0) is 16.6 Å². The Balaban J connectivity index is 1.39. The maximum atomic E-state index is 12.8. The van der Waals surface area contributed by atoms with Gasteiger partial charge in [0.25, 0.3) is 5.91 Å². The lowest BCUT2D eigenvalue weighted by Crippen LogP contribution is -2.49. The first-order valence-corrected chi connectivity index (χ1v) is 10.1. The van der Waals surface area contributed by atoms with Crippen molar-refractivity contribution in [2.24, 2.45) is 13.0 Å². The highest BCUT2D eigenvalue weighted by Gasteiger charge is 2.52. The number of nitrogens with zero attached hydrogens (tertiary/aromatic N) is 4. The molecule has 1 aliphatic heterocycles. The van der Waals surface area contributed by atoms with Gasteiger partial charge in [-0.05, 0) is 31.6 Å². The third-order valence-electron chi connectivity index (χ3n) is 5.43. The first-order chi connectivity index (χ1) is 13.4. The van der Waals surface area contributed by atoms with Gasteiger partial charge < -0.3 is 10.6 Å². The van der Waals surface area contributed by atoms with Crippen LogP contribution in [0.5, 0.6) is 0 Å². The standard InChI is InChI=1S/C18H22N6O3S/c1-11-3-5-18(6-4-11)15(26)24(17(27)22-18)9-14(25)21-16-20-13(10-28-16)12-7-19-23(2)8-12/h7-8,10-11H,3-6,9H2,1-2H3,(H,22,27)(H,20,21,25). The number of carbonyl (C=O) groups is 3. The van der Waals surface area contributed by atoms with Gasteiger partial charge in [-0.1, -0.05) is 6.92 Å². The molecule has 0 aromatic carbocycles. The van der Waals surface area contributed by atoms with Crippen molar-refractivity contribution in [3.8, 4) is 11.3 Å². The number of imide groups is 1. The molecule has 1 saturated carbocycles. The van der Waals surface area contributed by atoms with Crippen molar-refractivity contribution in [1.82, 2.24) is 25.0 Å². The molecule has 4 amide bonds. The number of nitrogens with one attached hydrogen (secondary N) is 2. The number of hydrogen-bond donors (Lipinski definition) is 2. The van der Waals surface area contributed by atoms with Gasteiger partial charge in [0.1, 0.15) is 12.1 Å². The fourth-order valence-corrected chi connectivity index (χ4v) is 4.47. The molecule has 28 heavy (non-hydrogen) atoms. The van der Waals surface area contributed by atoms with Crippen molar-refractivity contribution in [3.63, 3.8) is 0 Å². The van der Waals surface area contributed by atoms with Crippen molar-refractivity contribution in [3.05, 3.63) is 17.8 Å². The molecular formula is C18H22N6O3S. The Morgan fingerprint density at radius 2 is 2.14 bits per heavy atom. The molecule has 1 aliphatic carbocycles. The van der Waals surface area contributed by atoms with Crippen LogP contribution in [0, 0.1) is 5.92 Å². The number of urea groups is 1. The van der Waals surface area contributed by atoms with Crippen LogP contribution in [0.4, 0.5) is 9.93 Å². The van der Waals surface area contributed by atoms with Crippen LogP contribution in [-0.4, -0.2) is 49.6 Å². The number of aromatic nitrogens is 3. The Kier molecular flexibility index (Phi) is 4.66. The van der Waals surface area contributed by atoms with Crippen LogP contribution in [0.15, 0.2) is 17.8 Å². The predicted octanol–water partition coefficient (Wildman–Crippen LogP) is 1.98. The van der Waals surface area contributed by atoms with E-state index >= 15 is 0 Å². The Morgan fingerprint density at radius 3 is 2.82 bits per heavy atom. The minimum atomic E-state index is -0.835. The molecule has 9 nitrogen and oxygen atoms in total. The third kappa shape index (κ3) is 3.39. The summed E-state index contributed by atoms with van der Waals surface area (Å²) in [6, 6.07) is -0.495. The van der Waals surface area contributed by atoms with Crippen molar-refractivity contribution < 1.29 is 14.4 Å². The van der Waals surface area contributed by atoms with E-state index in [1.807, 2.05) is 18.6 Å². The van der Waals surface area contributed by atoms with Gasteiger partial charge in [0.2, 0.25) is 5.91 Å². The quantitative estimate of drug-likeness (QED) is 0.760. The smallest absolute Gasteiger partial charge is 0.323 e. The minimum absolute atomic E-state index is 0.297. The third-order valence-corrected chi connectivity index (χ3v) is 6.18. The second-order valence-electron chi connectivity index (χ2n) is 7.57. The molecule has 0 atom stereocenters. The summed E-state index contributed by atoms with van der Waals surface area (Å²) < 4.78 is 1.67. The summed E-state index contributed by atoms with van der Waals surface area (Å²) in [5.74, 6) is -0.196. The molecule has 3 heterocycles. The number of amides is 4. The normalized spacial score (nSPS) is 24.6. The van der Waals surface area contributed by atoms with Crippen molar-refractivity contribution >= 4 is 34.3 Å². The summed E-state index contributed by atoms with van der Waals surface area (Å²) in [4.78, 5) is 42.9. The van der Waals surface area contributed by atoms with Gasteiger partial charge in [-0.2, -0.15) is 5.10 Å². The molecule has 1 saturated heterocycles. The van der Waals surface area contributed by atoms with Crippen LogP contribution in [0.3, 0.4) is 0 Å². The van der Waals surface area contributed by atoms with Crippen molar-refractivity contribution in [2.75, 3.05) is 11.9 Å². The van der Waals surface area contributed by atoms with E-state index in [-0.39, 0.29) is 12.5 Å². The van der Waals surface area contributed by atoms with Crippen molar-refractivity contribution in [1.29, 1.82) is 0 Å². The average Bonchev–Trinajstić information content (AvgIpc) is 3.34. The minimum Gasteiger partial charge on any atom is -0.323 e. The number of thiazole rings is 1. The number of anilines is 1. The molecule has 148 valence electrons. The van der Waals surface area contributed by atoms with Crippen molar-refractivity contribution in [2.45, 2.75) is 38.1 Å². The molecule has 2 aliphatic rings. The Morgan fingerprint density at radius 1 is 1.39 bits per heavy atom. The number of rotatable bonds is 4. The molecule has 2 N–H and O–H groups in total. The highest BCUT2D eigenvalue weighted by atomic mass is 32.1. The topological polar surface area (TPSA) is 109 Å². The summed E-state index contributed by atoms with van der Waals surface area (Å²) in [5, 5.41) is 11.8. The molecule has 4 rings (SSSR count). The number of hydrogen-bond acceptors (Lipinski definition) is 6. The largest absolute Gasteiger partial charge is 0.325 e. The fourth-order valence-electron chi connectivity index (χ4n) is 3.73. The first-order valence-electron chi connectivity index (χ1n) is 9.25. The van der Waals surface area contributed by atoms with E-state index in [9.17, 15) is 14.4 Å². The summed E-state index contributed by atoms with van der Waals surface area (Å²) in [6.07, 6.45) is 6.55. The monoisotopic (exact) mass is 402 g/mol. The van der Waals surface area contributed by atoms with Crippen LogP contribution in [0.25, 0.3) is 11.3 Å². The molecule has 2 fully saturated rings. The molecule has 0 bridgehead atoms.